The normalized spacial score (nSPS) is 16.5. The van der Waals surface area contributed by atoms with Gasteiger partial charge in [0, 0.05) is 43.0 Å². The third kappa shape index (κ3) is 4.93. The fourth-order valence-corrected chi connectivity index (χ4v) is 3.95. The molecule has 162 valence electrons. The van der Waals surface area contributed by atoms with Crippen LogP contribution < -0.4 is 4.74 Å². The number of piperidine rings is 1. The molecule has 0 bridgehead atoms. The van der Waals surface area contributed by atoms with E-state index in [0.29, 0.717) is 24.8 Å². The molecule has 0 radical (unpaired) electrons. The Kier molecular flexibility index (Phi) is 6.30. The maximum absolute atomic E-state index is 13.0. The molecule has 6 nitrogen and oxygen atoms in total. The summed E-state index contributed by atoms with van der Waals surface area (Å²) in [5, 5.41) is 0. The predicted molar refractivity (Wildman–Crippen MR) is 116 cm³/mol. The average Bonchev–Trinajstić information content (AvgIpc) is 3.29. The number of hydrogen-bond donors (Lipinski definition) is 0. The van der Waals surface area contributed by atoms with E-state index in [-0.39, 0.29) is 24.2 Å². The molecule has 3 aromatic rings. The lowest BCUT2D eigenvalue weighted by atomic mass is 9.94. The summed E-state index contributed by atoms with van der Waals surface area (Å²) in [5.74, 6) is 2.38. The van der Waals surface area contributed by atoms with Gasteiger partial charge < -0.3 is 9.64 Å². The SMILES string of the molecule is CC(C)c1nccn1-c1cccc([C@@H]2CCCN(C(=O)COc3ccc(F)cc3)C2)n1. The molecule has 1 fully saturated rings. The van der Waals surface area contributed by atoms with Crippen molar-refractivity contribution >= 4 is 5.91 Å². The highest BCUT2D eigenvalue weighted by atomic mass is 19.1. The van der Waals surface area contributed by atoms with Gasteiger partial charge in [-0.3, -0.25) is 9.36 Å². The summed E-state index contributed by atoms with van der Waals surface area (Å²) in [6.45, 7) is 5.49. The number of aromatic nitrogens is 3. The molecule has 0 unspecified atom stereocenters. The maximum atomic E-state index is 13.0. The molecule has 0 aliphatic carbocycles. The topological polar surface area (TPSA) is 60.2 Å². The monoisotopic (exact) mass is 422 g/mol. The molecule has 0 N–H and O–H groups in total. The van der Waals surface area contributed by atoms with Crippen molar-refractivity contribution in [1.29, 1.82) is 0 Å². The van der Waals surface area contributed by atoms with Crippen molar-refractivity contribution in [2.45, 2.75) is 38.5 Å². The van der Waals surface area contributed by atoms with E-state index in [1.807, 2.05) is 33.9 Å². The highest BCUT2D eigenvalue weighted by Gasteiger charge is 2.26. The number of benzene rings is 1. The lowest BCUT2D eigenvalue weighted by Gasteiger charge is -2.32. The molecule has 1 aliphatic heterocycles. The Morgan fingerprint density at radius 3 is 2.81 bits per heavy atom. The minimum absolute atomic E-state index is 0.0569. The molecule has 0 spiro atoms. The number of nitrogens with zero attached hydrogens (tertiary/aromatic N) is 4. The lowest BCUT2D eigenvalue weighted by Crippen LogP contribution is -2.41. The second-order valence-electron chi connectivity index (χ2n) is 8.15. The second kappa shape index (κ2) is 9.29. The van der Waals surface area contributed by atoms with Crippen LogP contribution in [0.25, 0.3) is 5.82 Å². The fourth-order valence-electron chi connectivity index (χ4n) is 3.95. The third-order valence-electron chi connectivity index (χ3n) is 5.56. The van der Waals surface area contributed by atoms with E-state index in [2.05, 4.69) is 18.8 Å². The Labute approximate surface area is 181 Å². The maximum Gasteiger partial charge on any atom is 0.260 e. The van der Waals surface area contributed by atoms with Crippen molar-refractivity contribution < 1.29 is 13.9 Å². The third-order valence-corrected chi connectivity index (χ3v) is 5.56. The predicted octanol–water partition coefficient (Wildman–Crippen LogP) is 4.31. The Hall–Kier alpha value is -3.22. The molecule has 31 heavy (non-hydrogen) atoms. The van der Waals surface area contributed by atoms with E-state index in [4.69, 9.17) is 9.72 Å². The van der Waals surface area contributed by atoms with Crippen molar-refractivity contribution in [3.63, 3.8) is 0 Å². The van der Waals surface area contributed by atoms with Gasteiger partial charge >= 0.3 is 0 Å². The van der Waals surface area contributed by atoms with Crippen molar-refractivity contribution in [3.8, 4) is 11.6 Å². The van der Waals surface area contributed by atoms with E-state index < -0.39 is 0 Å². The summed E-state index contributed by atoms with van der Waals surface area (Å²) in [5.41, 5.74) is 0.984. The quantitative estimate of drug-likeness (QED) is 0.594. The number of carbonyl (C=O) groups excluding carboxylic acids is 1. The average molecular weight is 423 g/mol. The van der Waals surface area contributed by atoms with Crippen LogP contribution in [0.5, 0.6) is 5.75 Å². The number of pyridine rings is 1. The second-order valence-corrected chi connectivity index (χ2v) is 8.15. The summed E-state index contributed by atoms with van der Waals surface area (Å²) in [6.07, 6.45) is 5.64. The van der Waals surface area contributed by atoms with Gasteiger partial charge in [0.25, 0.3) is 5.91 Å². The van der Waals surface area contributed by atoms with E-state index in [0.717, 1.165) is 30.2 Å². The van der Waals surface area contributed by atoms with Gasteiger partial charge in [-0.05, 0) is 49.2 Å². The molecule has 1 aromatic carbocycles. The molecule has 1 saturated heterocycles. The number of carbonyl (C=O) groups is 1. The summed E-state index contributed by atoms with van der Waals surface area (Å²) in [7, 11) is 0. The van der Waals surface area contributed by atoms with Crippen LogP contribution in [0.3, 0.4) is 0 Å². The van der Waals surface area contributed by atoms with Gasteiger partial charge in [0.05, 0.1) is 0 Å². The summed E-state index contributed by atoms with van der Waals surface area (Å²) >= 11 is 0. The molecule has 2 aromatic heterocycles. The van der Waals surface area contributed by atoms with Crippen LogP contribution in [0.15, 0.2) is 54.9 Å². The molecular weight excluding hydrogens is 395 g/mol. The number of halogens is 1. The van der Waals surface area contributed by atoms with Crippen LogP contribution in [-0.2, 0) is 4.79 Å². The van der Waals surface area contributed by atoms with Gasteiger partial charge in [0.2, 0.25) is 0 Å². The van der Waals surface area contributed by atoms with Crippen LogP contribution in [0.4, 0.5) is 4.39 Å². The van der Waals surface area contributed by atoms with E-state index in [1.165, 1.54) is 24.3 Å². The zero-order valence-corrected chi connectivity index (χ0v) is 17.9. The lowest BCUT2D eigenvalue weighted by molar-refractivity contribution is -0.134. The molecule has 0 saturated carbocycles. The number of imidazole rings is 1. The first kappa shape index (κ1) is 21.0. The van der Waals surface area contributed by atoms with Gasteiger partial charge in [-0.2, -0.15) is 0 Å². The van der Waals surface area contributed by atoms with Gasteiger partial charge in [-0.25, -0.2) is 14.4 Å². The number of amides is 1. The van der Waals surface area contributed by atoms with Crippen LogP contribution >= 0.6 is 0 Å². The van der Waals surface area contributed by atoms with Crippen LogP contribution in [0.2, 0.25) is 0 Å². The zero-order valence-electron chi connectivity index (χ0n) is 17.9. The highest BCUT2D eigenvalue weighted by molar-refractivity contribution is 5.78. The molecule has 3 heterocycles. The first-order valence-electron chi connectivity index (χ1n) is 10.7. The first-order valence-corrected chi connectivity index (χ1v) is 10.7. The number of likely N-dealkylation sites (tertiary alicyclic amines) is 1. The van der Waals surface area contributed by atoms with E-state index >= 15 is 0 Å². The fraction of sp³-hybridized carbons (Fsp3) is 0.375. The molecule has 1 amide bonds. The Morgan fingerprint density at radius 1 is 1.23 bits per heavy atom. The van der Waals surface area contributed by atoms with Crippen molar-refractivity contribution in [2.24, 2.45) is 0 Å². The van der Waals surface area contributed by atoms with Crippen molar-refractivity contribution in [3.05, 3.63) is 72.2 Å². The molecule has 4 rings (SSSR count). The summed E-state index contributed by atoms with van der Waals surface area (Å²) < 4.78 is 20.6. The minimum atomic E-state index is -0.330. The van der Waals surface area contributed by atoms with Gasteiger partial charge in [0.1, 0.15) is 23.2 Å². The zero-order chi connectivity index (χ0) is 21.8. The summed E-state index contributed by atoms with van der Waals surface area (Å²) in [4.78, 5) is 23.9. The number of rotatable bonds is 6. The molecule has 1 aliphatic rings. The van der Waals surface area contributed by atoms with Crippen LogP contribution in [0, 0.1) is 5.82 Å². The number of ether oxygens (including phenoxy) is 1. The van der Waals surface area contributed by atoms with Crippen molar-refractivity contribution in [1.82, 2.24) is 19.4 Å². The molecular formula is C24H27FN4O2. The smallest absolute Gasteiger partial charge is 0.260 e. The van der Waals surface area contributed by atoms with Gasteiger partial charge in [-0.15, -0.1) is 0 Å². The summed E-state index contributed by atoms with van der Waals surface area (Å²) in [6, 6.07) is 11.7. The molecule has 1 atom stereocenters. The largest absolute Gasteiger partial charge is 0.484 e. The van der Waals surface area contributed by atoms with Crippen LogP contribution in [0.1, 0.15) is 50.0 Å². The van der Waals surface area contributed by atoms with E-state index in [1.54, 1.807) is 6.20 Å². The van der Waals surface area contributed by atoms with Crippen LogP contribution in [-0.4, -0.2) is 45.0 Å². The van der Waals surface area contributed by atoms with Gasteiger partial charge in [0.15, 0.2) is 6.61 Å². The standard InChI is InChI=1S/C24H27FN4O2/c1-17(2)24-26-12-14-29(24)22-7-3-6-21(27-22)18-5-4-13-28(15-18)23(30)16-31-20-10-8-19(25)9-11-20/h3,6-12,14,17-18H,4-5,13,15-16H2,1-2H3/t18-/m1/s1. The Morgan fingerprint density at radius 2 is 2.03 bits per heavy atom. The number of hydrogen-bond acceptors (Lipinski definition) is 4. The van der Waals surface area contributed by atoms with E-state index in [9.17, 15) is 9.18 Å². The van der Waals surface area contributed by atoms with Crippen molar-refractivity contribution in [2.75, 3.05) is 19.7 Å². The minimum Gasteiger partial charge on any atom is -0.484 e. The highest BCUT2D eigenvalue weighted by Crippen LogP contribution is 2.27. The Balaban J connectivity index is 1.43. The first-order chi connectivity index (χ1) is 15.0. The molecule has 7 heteroatoms. The van der Waals surface area contributed by atoms with Gasteiger partial charge in [-0.1, -0.05) is 19.9 Å². The Bertz CT molecular complexity index is 1030.